The van der Waals surface area contributed by atoms with Gasteiger partial charge in [-0.3, -0.25) is 9.89 Å². The molecule has 0 fully saturated rings. The van der Waals surface area contributed by atoms with Crippen LogP contribution in [0.4, 0.5) is 0 Å². The molecule has 0 aliphatic carbocycles. The van der Waals surface area contributed by atoms with Crippen molar-refractivity contribution in [3.05, 3.63) is 17.0 Å². The Morgan fingerprint density at radius 3 is 2.20 bits per heavy atom. The Labute approximate surface area is 113 Å². The lowest BCUT2D eigenvalue weighted by atomic mass is 10.1. The minimum absolute atomic E-state index is 0.0214. The van der Waals surface area contributed by atoms with Crippen molar-refractivity contribution in [3.63, 3.8) is 0 Å². The lowest BCUT2D eigenvalue weighted by Gasteiger charge is -2.02. The van der Waals surface area contributed by atoms with Crippen LogP contribution < -0.4 is 0 Å². The van der Waals surface area contributed by atoms with Crippen molar-refractivity contribution in [1.29, 1.82) is 0 Å². The lowest BCUT2D eigenvalue weighted by molar-refractivity contribution is -0.137. The number of methoxy groups -OCH3 is 2. The van der Waals surface area contributed by atoms with Gasteiger partial charge in [-0.1, -0.05) is 0 Å². The van der Waals surface area contributed by atoms with Crippen LogP contribution in [0.15, 0.2) is 0 Å². The van der Waals surface area contributed by atoms with Gasteiger partial charge in [-0.25, -0.2) is 14.4 Å². The van der Waals surface area contributed by atoms with E-state index in [-0.39, 0.29) is 12.3 Å². The number of ketones is 1. The predicted octanol–water partition coefficient (Wildman–Crippen LogP) is -0.271. The summed E-state index contributed by atoms with van der Waals surface area (Å²) in [6.45, 7) is 1.49. The van der Waals surface area contributed by atoms with E-state index in [2.05, 4.69) is 24.4 Å². The minimum atomic E-state index is -1.19. The molecule has 0 aliphatic heterocycles. The molecule has 9 nitrogen and oxygen atoms in total. The molecule has 0 unspecified atom stereocenters. The second-order valence-corrected chi connectivity index (χ2v) is 3.35. The average Bonchev–Trinajstić information content (AvgIpc) is 2.89. The van der Waals surface area contributed by atoms with E-state index in [9.17, 15) is 19.2 Å². The number of aromatic nitrogens is 2. The largest absolute Gasteiger partial charge is 0.465 e. The van der Waals surface area contributed by atoms with Gasteiger partial charge in [0.05, 0.1) is 20.8 Å². The highest BCUT2D eigenvalue weighted by Gasteiger charge is 2.33. The third kappa shape index (κ3) is 2.82. The van der Waals surface area contributed by atoms with Gasteiger partial charge in [0.25, 0.3) is 5.78 Å². The molecule has 0 saturated heterocycles. The van der Waals surface area contributed by atoms with Gasteiger partial charge in [-0.15, -0.1) is 0 Å². The number of carbonyl (C=O) groups is 4. The number of H-pyrrole nitrogens is 1. The zero-order valence-corrected chi connectivity index (χ0v) is 11.0. The molecule has 0 amide bonds. The first-order valence-corrected chi connectivity index (χ1v) is 5.44. The van der Waals surface area contributed by atoms with Crippen LogP contribution in [0, 0.1) is 0 Å². The Morgan fingerprint density at radius 2 is 1.70 bits per heavy atom. The van der Waals surface area contributed by atoms with E-state index in [1.807, 2.05) is 0 Å². The summed E-state index contributed by atoms with van der Waals surface area (Å²) in [5.74, 6) is -4.30. The van der Waals surface area contributed by atoms with Crippen molar-refractivity contribution in [1.82, 2.24) is 10.2 Å². The molecule has 0 saturated carbocycles. The molecule has 1 rings (SSSR count). The van der Waals surface area contributed by atoms with Gasteiger partial charge >= 0.3 is 17.9 Å². The van der Waals surface area contributed by atoms with E-state index < -0.39 is 34.9 Å². The van der Waals surface area contributed by atoms with E-state index in [0.29, 0.717) is 0 Å². The maximum Gasteiger partial charge on any atom is 0.381 e. The van der Waals surface area contributed by atoms with Gasteiger partial charge in [0.1, 0.15) is 5.56 Å². The highest BCUT2D eigenvalue weighted by molar-refractivity contribution is 6.41. The normalized spacial score (nSPS) is 9.75. The van der Waals surface area contributed by atoms with Crippen LogP contribution in [0.3, 0.4) is 0 Å². The number of ether oxygens (including phenoxy) is 3. The van der Waals surface area contributed by atoms with Gasteiger partial charge in [0.2, 0.25) is 0 Å². The molecule has 0 spiro atoms. The summed E-state index contributed by atoms with van der Waals surface area (Å²) in [6, 6.07) is 0. The number of nitrogens with zero attached hydrogens (tertiary/aromatic N) is 1. The SMILES string of the molecule is CCOC(=O)C(=O)c1n[nH]c(C(=O)OC)c1C(=O)OC. The van der Waals surface area contributed by atoms with Crippen molar-refractivity contribution in [2.24, 2.45) is 0 Å². The Hall–Kier alpha value is -2.71. The predicted molar refractivity (Wildman–Crippen MR) is 62.2 cm³/mol. The number of Topliss-reactive ketones (excluding diaryl/α,β-unsaturated/α-hetero) is 1. The van der Waals surface area contributed by atoms with E-state index in [1.165, 1.54) is 6.92 Å². The van der Waals surface area contributed by atoms with Crippen LogP contribution in [0.5, 0.6) is 0 Å². The third-order valence-electron chi connectivity index (χ3n) is 2.22. The van der Waals surface area contributed by atoms with Gasteiger partial charge in [0, 0.05) is 0 Å². The number of carbonyl (C=O) groups excluding carboxylic acids is 4. The highest BCUT2D eigenvalue weighted by Crippen LogP contribution is 2.15. The Balaban J connectivity index is 3.30. The monoisotopic (exact) mass is 284 g/mol. The average molecular weight is 284 g/mol. The van der Waals surface area contributed by atoms with Crippen molar-refractivity contribution in [2.75, 3.05) is 20.8 Å². The molecule has 1 aromatic heterocycles. The summed E-state index contributed by atoms with van der Waals surface area (Å²) in [5, 5.41) is 5.64. The highest BCUT2D eigenvalue weighted by atomic mass is 16.5. The standard InChI is InChI=1S/C11H12N2O7/c1-4-20-11(17)8(14)6-5(9(15)18-2)7(13-12-6)10(16)19-3/h4H2,1-3H3,(H,12,13). The molecule has 9 heteroatoms. The molecule has 0 radical (unpaired) electrons. The summed E-state index contributed by atoms with van der Waals surface area (Å²) in [7, 11) is 2.13. The number of esters is 3. The second kappa shape index (κ2) is 6.45. The maximum absolute atomic E-state index is 11.8. The van der Waals surface area contributed by atoms with Crippen LogP contribution >= 0.6 is 0 Å². The molecular formula is C11H12N2O7. The van der Waals surface area contributed by atoms with Crippen molar-refractivity contribution in [2.45, 2.75) is 6.92 Å². The Kier molecular flexibility index (Phi) is 4.95. The molecule has 1 heterocycles. The molecule has 1 aromatic rings. The van der Waals surface area contributed by atoms with Gasteiger partial charge in [-0.05, 0) is 6.92 Å². The third-order valence-corrected chi connectivity index (χ3v) is 2.22. The van der Waals surface area contributed by atoms with Gasteiger partial charge in [-0.2, -0.15) is 5.10 Å². The van der Waals surface area contributed by atoms with Gasteiger partial charge < -0.3 is 14.2 Å². The number of hydrogen-bond acceptors (Lipinski definition) is 8. The molecule has 0 bridgehead atoms. The molecule has 0 aromatic carbocycles. The molecule has 1 N–H and O–H groups in total. The van der Waals surface area contributed by atoms with Crippen molar-refractivity contribution in [3.8, 4) is 0 Å². The summed E-state index contributed by atoms with van der Waals surface area (Å²) in [5.41, 5.74) is -1.42. The smallest absolute Gasteiger partial charge is 0.381 e. The van der Waals surface area contributed by atoms with Gasteiger partial charge in [0.15, 0.2) is 11.4 Å². The number of rotatable bonds is 5. The zero-order chi connectivity index (χ0) is 15.3. The first-order valence-electron chi connectivity index (χ1n) is 5.44. The summed E-state index contributed by atoms with van der Waals surface area (Å²) in [4.78, 5) is 46.2. The summed E-state index contributed by atoms with van der Waals surface area (Å²) < 4.78 is 13.4. The summed E-state index contributed by atoms with van der Waals surface area (Å²) >= 11 is 0. The lowest BCUT2D eigenvalue weighted by Crippen LogP contribution is -2.21. The fraction of sp³-hybridized carbons (Fsp3) is 0.364. The van der Waals surface area contributed by atoms with Crippen molar-refractivity contribution < 1.29 is 33.4 Å². The van der Waals surface area contributed by atoms with Crippen LogP contribution in [-0.4, -0.2) is 54.7 Å². The van der Waals surface area contributed by atoms with Crippen LogP contribution in [0.25, 0.3) is 0 Å². The molecular weight excluding hydrogens is 272 g/mol. The topological polar surface area (TPSA) is 125 Å². The van der Waals surface area contributed by atoms with E-state index >= 15 is 0 Å². The van der Waals surface area contributed by atoms with E-state index in [1.54, 1.807) is 0 Å². The van der Waals surface area contributed by atoms with Crippen molar-refractivity contribution >= 4 is 23.7 Å². The molecule has 108 valence electrons. The van der Waals surface area contributed by atoms with Crippen LogP contribution in [-0.2, 0) is 19.0 Å². The van der Waals surface area contributed by atoms with Crippen LogP contribution in [0.1, 0.15) is 38.3 Å². The first-order chi connectivity index (χ1) is 9.47. The number of nitrogens with one attached hydrogen (secondary N) is 1. The molecule has 0 aliphatic rings. The quantitative estimate of drug-likeness (QED) is 0.339. The molecule has 0 atom stereocenters. The zero-order valence-electron chi connectivity index (χ0n) is 11.0. The second-order valence-electron chi connectivity index (χ2n) is 3.35. The minimum Gasteiger partial charge on any atom is -0.465 e. The fourth-order valence-electron chi connectivity index (χ4n) is 1.35. The Bertz CT molecular complexity index is 561. The number of hydrogen-bond donors (Lipinski definition) is 1. The van der Waals surface area contributed by atoms with E-state index in [4.69, 9.17) is 0 Å². The van der Waals surface area contributed by atoms with Crippen LogP contribution in [0.2, 0.25) is 0 Å². The number of aromatic amines is 1. The molecule has 20 heavy (non-hydrogen) atoms. The maximum atomic E-state index is 11.8. The Morgan fingerprint density at radius 1 is 1.10 bits per heavy atom. The summed E-state index contributed by atoms with van der Waals surface area (Å²) in [6.07, 6.45) is 0. The fourth-order valence-corrected chi connectivity index (χ4v) is 1.35. The first kappa shape index (κ1) is 15.3. The van der Waals surface area contributed by atoms with E-state index in [0.717, 1.165) is 14.2 Å².